The highest BCUT2D eigenvalue weighted by Crippen LogP contribution is 1.97. The summed E-state index contributed by atoms with van der Waals surface area (Å²) in [6, 6.07) is 0. The fourth-order valence-corrected chi connectivity index (χ4v) is 0.642. The van der Waals surface area contributed by atoms with Crippen molar-refractivity contribution >= 4 is 5.91 Å². The van der Waals surface area contributed by atoms with Gasteiger partial charge in [-0.15, -0.1) is 10.2 Å². The van der Waals surface area contributed by atoms with Gasteiger partial charge in [-0.1, -0.05) is 0 Å². The maximum absolute atomic E-state index is 10.5. The molecule has 12 heavy (non-hydrogen) atoms. The number of nitrogens with two attached hydrogens (primary N) is 1. The lowest BCUT2D eigenvalue weighted by Crippen LogP contribution is -2.19. The molecule has 0 radical (unpaired) electrons. The fraction of sp³-hybridized carbons (Fsp3) is 0.500. The van der Waals surface area contributed by atoms with Crippen molar-refractivity contribution in [3.63, 3.8) is 0 Å². The average Bonchev–Trinajstić information content (AvgIpc) is 2.48. The Kier molecular flexibility index (Phi) is 2.76. The van der Waals surface area contributed by atoms with Gasteiger partial charge < -0.3 is 15.5 Å². The molecule has 0 saturated heterocycles. The SMILES string of the molecule is CC(=O)NCc1nnc(CN)o1. The van der Waals surface area contributed by atoms with Crippen LogP contribution in [0.5, 0.6) is 0 Å². The number of hydrogen-bond acceptors (Lipinski definition) is 5. The largest absolute Gasteiger partial charge is 0.422 e. The number of aromatic nitrogens is 2. The molecular weight excluding hydrogens is 160 g/mol. The molecule has 0 fully saturated rings. The first-order valence-electron chi connectivity index (χ1n) is 3.48. The predicted octanol–water partition coefficient (Wildman–Crippen LogP) is -0.836. The Morgan fingerprint density at radius 1 is 1.58 bits per heavy atom. The quantitative estimate of drug-likeness (QED) is 0.617. The van der Waals surface area contributed by atoms with Crippen molar-refractivity contribution < 1.29 is 9.21 Å². The summed E-state index contributed by atoms with van der Waals surface area (Å²) in [6.07, 6.45) is 0. The molecule has 1 amide bonds. The van der Waals surface area contributed by atoms with Crippen molar-refractivity contribution in [2.45, 2.75) is 20.0 Å². The van der Waals surface area contributed by atoms with Crippen LogP contribution in [0.15, 0.2) is 4.42 Å². The first-order valence-corrected chi connectivity index (χ1v) is 3.48. The monoisotopic (exact) mass is 170 g/mol. The second-order valence-electron chi connectivity index (χ2n) is 2.20. The Labute approximate surface area is 69.1 Å². The van der Waals surface area contributed by atoms with Gasteiger partial charge in [0.25, 0.3) is 0 Å². The number of nitrogens with one attached hydrogen (secondary N) is 1. The van der Waals surface area contributed by atoms with Crippen LogP contribution in [0.3, 0.4) is 0 Å². The molecule has 6 nitrogen and oxygen atoms in total. The Bertz CT molecular complexity index is 270. The lowest BCUT2D eigenvalue weighted by Gasteiger charge is -1.94. The van der Waals surface area contributed by atoms with Crippen molar-refractivity contribution in [3.05, 3.63) is 11.8 Å². The van der Waals surface area contributed by atoms with E-state index in [1.165, 1.54) is 6.92 Å². The van der Waals surface area contributed by atoms with Crippen LogP contribution in [-0.4, -0.2) is 16.1 Å². The number of carbonyl (C=O) groups excluding carboxylic acids is 1. The second kappa shape index (κ2) is 3.82. The molecule has 66 valence electrons. The molecule has 0 spiro atoms. The normalized spacial score (nSPS) is 9.83. The minimum Gasteiger partial charge on any atom is -0.422 e. The third kappa shape index (κ3) is 2.31. The Morgan fingerprint density at radius 3 is 2.75 bits per heavy atom. The van der Waals surface area contributed by atoms with E-state index in [1.807, 2.05) is 0 Å². The molecule has 1 heterocycles. The lowest BCUT2D eigenvalue weighted by molar-refractivity contribution is -0.119. The van der Waals surface area contributed by atoms with Crippen molar-refractivity contribution in [2.24, 2.45) is 5.73 Å². The molecule has 0 aliphatic heterocycles. The van der Waals surface area contributed by atoms with Gasteiger partial charge in [0.2, 0.25) is 17.7 Å². The molecule has 3 N–H and O–H groups in total. The maximum Gasteiger partial charge on any atom is 0.235 e. The van der Waals surface area contributed by atoms with Crippen LogP contribution >= 0.6 is 0 Å². The molecule has 0 aliphatic rings. The average molecular weight is 170 g/mol. The predicted molar refractivity (Wildman–Crippen MR) is 39.7 cm³/mol. The van der Waals surface area contributed by atoms with Crippen LogP contribution in [0.1, 0.15) is 18.7 Å². The first-order chi connectivity index (χ1) is 5.72. The molecule has 0 saturated carbocycles. The summed E-state index contributed by atoms with van der Waals surface area (Å²) in [5.41, 5.74) is 5.24. The van der Waals surface area contributed by atoms with Crippen LogP contribution in [0.4, 0.5) is 0 Å². The van der Waals surface area contributed by atoms with E-state index in [-0.39, 0.29) is 19.0 Å². The van der Waals surface area contributed by atoms with E-state index in [0.29, 0.717) is 11.8 Å². The van der Waals surface area contributed by atoms with E-state index < -0.39 is 0 Å². The van der Waals surface area contributed by atoms with Gasteiger partial charge in [0.1, 0.15) is 0 Å². The van der Waals surface area contributed by atoms with Gasteiger partial charge in [0.05, 0.1) is 13.1 Å². The summed E-state index contributed by atoms with van der Waals surface area (Å²) in [7, 11) is 0. The molecule has 1 rings (SSSR count). The van der Waals surface area contributed by atoms with Crippen molar-refractivity contribution in [1.82, 2.24) is 15.5 Å². The second-order valence-corrected chi connectivity index (χ2v) is 2.20. The highest BCUT2D eigenvalue weighted by atomic mass is 16.4. The molecule has 0 unspecified atom stereocenters. The smallest absolute Gasteiger partial charge is 0.235 e. The van der Waals surface area contributed by atoms with E-state index in [2.05, 4.69) is 15.5 Å². The van der Waals surface area contributed by atoms with E-state index in [0.717, 1.165) is 0 Å². The van der Waals surface area contributed by atoms with Gasteiger partial charge in [0, 0.05) is 6.92 Å². The molecule has 1 aromatic heterocycles. The van der Waals surface area contributed by atoms with Crippen LogP contribution in [-0.2, 0) is 17.9 Å². The van der Waals surface area contributed by atoms with Crippen molar-refractivity contribution in [2.75, 3.05) is 0 Å². The first kappa shape index (κ1) is 8.66. The zero-order chi connectivity index (χ0) is 8.97. The maximum atomic E-state index is 10.5. The number of carbonyl (C=O) groups is 1. The lowest BCUT2D eigenvalue weighted by atomic mass is 10.6. The standard InChI is InChI=1S/C6H10N4O2/c1-4(11)8-3-6-10-9-5(2-7)12-6/h2-3,7H2,1H3,(H,8,11). The van der Waals surface area contributed by atoms with Crippen molar-refractivity contribution in [3.8, 4) is 0 Å². The highest BCUT2D eigenvalue weighted by Gasteiger charge is 2.03. The number of hydrogen-bond donors (Lipinski definition) is 2. The molecule has 0 bridgehead atoms. The zero-order valence-electron chi connectivity index (χ0n) is 6.70. The van der Waals surface area contributed by atoms with Gasteiger partial charge in [-0.3, -0.25) is 4.79 Å². The Morgan fingerprint density at radius 2 is 2.25 bits per heavy atom. The van der Waals surface area contributed by atoms with Crippen LogP contribution < -0.4 is 11.1 Å². The molecule has 0 aromatic carbocycles. The van der Waals surface area contributed by atoms with E-state index in [4.69, 9.17) is 10.2 Å². The van der Waals surface area contributed by atoms with Gasteiger partial charge in [-0.25, -0.2) is 0 Å². The van der Waals surface area contributed by atoms with Gasteiger partial charge in [-0.05, 0) is 0 Å². The molecule has 6 heteroatoms. The van der Waals surface area contributed by atoms with Gasteiger partial charge in [0.15, 0.2) is 0 Å². The van der Waals surface area contributed by atoms with Gasteiger partial charge in [-0.2, -0.15) is 0 Å². The van der Waals surface area contributed by atoms with Gasteiger partial charge >= 0.3 is 0 Å². The molecule has 0 atom stereocenters. The summed E-state index contributed by atoms with van der Waals surface area (Å²) in [5.74, 6) is 0.600. The molecule has 0 aliphatic carbocycles. The topological polar surface area (TPSA) is 94.0 Å². The number of rotatable bonds is 3. The number of nitrogens with zero attached hydrogens (tertiary/aromatic N) is 2. The zero-order valence-corrected chi connectivity index (χ0v) is 6.70. The minimum absolute atomic E-state index is 0.137. The summed E-state index contributed by atoms with van der Waals surface area (Å²) >= 11 is 0. The number of amides is 1. The molecule has 1 aromatic rings. The van der Waals surface area contributed by atoms with Crippen LogP contribution in [0.2, 0.25) is 0 Å². The summed E-state index contributed by atoms with van der Waals surface area (Å²) in [6.45, 7) is 1.88. The summed E-state index contributed by atoms with van der Waals surface area (Å²) in [5, 5.41) is 9.79. The Hall–Kier alpha value is -1.43. The highest BCUT2D eigenvalue weighted by molar-refractivity contribution is 5.72. The third-order valence-electron chi connectivity index (χ3n) is 1.17. The summed E-state index contributed by atoms with van der Waals surface area (Å²) in [4.78, 5) is 10.5. The van der Waals surface area contributed by atoms with Crippen LogP contribution in [0.25, 0.3) is 0 Å². The summed E-state index contributed by atoms with van der Waals surface area (Å²) < 4.78 is 5.02. The van der Waals surface area contributed by atoms with E-state index >= 15 is 0 Å². The van der Waals surface area contributed by atoms with Crippen LogP contribution in [0, 0.1) is 0 Å². The third-order valence-corrected chi connectivity index (χ3v) is 1.17. The Balaban J connectivity index is 2.47. The van der Waals surface area contributed by atoms with E-state index in [1.54, 1.807) is 0 Å². The van der Waals surface area contributed by atoms with E-state index in [9.17, 15) is 4.79 Å². The fourth-order valence-electron chi connectivity index (χ4n) is 0.642. The minimum atomic E-state index is -0.137. The molecular formula is C6H10N4O2. The van der Waals surface area contributed by atoms with Crippen molar-refractivity contribution in [1.29, 1.82) is 0 Å².